The normalized spacial score (nSPS) is 23.0. The van der Waals surface area contributed by atoms with Crippen molar-refractivity contribution >= 4 is 11.6 Å². The highest BCUT2D eigenvalue weighted by Gasteiger charge is 2.44. The van der Waals surface area contributed by atoms with Crippen LogP contribution in [0.4, 0.5) is 5.69 Å². The number of nitrogens with zero attached hydrogens (tertiary/aromatic N) is 5. The van der Waals surface area contributed by atoms with Gasteiger partial charge >= 0.3 is 0 Å². The van der Waals surface area contributed by atoms with Gasteiger partial charge in [0.1, 0.15) is 5.69 Å². The number of anilines is 1. The minimum absolute atomic E-state index is 0.132. The second-order valence-corrected chi connectivity index (χ2v) is 6.97. The van der Waals surface area contributed by atoms with E-state index < -0.39 is 5.60 Å². The van der Waals surface area contributed by atoms with Gasteiger partial charge in [0.05, 0.1) is 6.54 Å². The lowest BCUT2D eigenvalue weighted by Gasteiger charge is -2.21. The number of rotatable bonds is 4. The number of carbonyl (C=O) groups is 1. The fourth-order valence-corrected chi connectivity index (χ4v) is 3.60. The van der Waals surface area contributed by atoms with Crippen molar-refractivity contribution in [3.8, 4) is 0 Å². The Morgan fingerprint density at radius 1 is 1.35 bits per heavy atom. The number of pyridine rings is 1. The molecule has 2 aliphatic heterocycles. The molecule has 0 radical (unpaired) electrons. The third-order valence-corrected chi connectivity index (χ3v) is 5.15. The molecule has 4 heterocycles. The first-order valence-electron chi connectivity index (χ1n) is 9.15. The average molecular weight is 357 g/mol. The number of likely N-dealkylation sites (tertiary alicyclic amines) is 1. The summed E-state index contributed by atoms with van der Waals surface area (Å²) in [5, 5.41) is 14.7. The van der Waals surface area contributed by atoms with Crippen molar-refractivity contribution in [2.75, 3.05) is 31.1 Å². The highest BCUT2D eigenvalue weighted by atomic mass is 16.5. The van der Waals surface area contributed by atoms with Crippen LogP contribution in [0.5, 0.6) is 0 Å². The molecule has 2 saturated heterocycles. The molecule has 2 aliphatic rings. The largest absolute Gasteiger partial charge is 0.378 e. The first-order chi connectivity index (χ1) is 12.6. The lowest BCUT2D eigenvalue weighted by molar-refractivity contribution is 0.0135. The Balaban J connectivity index is 1.50. The lowest BCUT2D eigenvalue weighted by atomic mass is 10.0. The highest BCUT2D eigenvalue weighted by Crippen LogP contribution is 2.32. The van der Waals surface area contributed by atoms with Crippen molar-refractivity contribution in [3.63, 3.8) is 0 Å². The molecule has 0 saturated carbocycles. The van der Waals surface area contributed by atoms with Crippen LogP contribution < -0.4 is 4.90 Å². The Kier molecular flexibility index (Phi) is 4.36. The summed E-state index contributed by atoms with van der Waals surface area (Å²) in [5.41, 5.74) is 0.140. The van der Waals surface area contributed by atoms with Gasteiger partial charge in [0.2, 0.25) is 0 Å². The van der Waals surface area contributed by atoms with Gasteiger partial charge in [-0.05, 0) is 25.0 Å². The topological polar surface area (TPSA) is 95.6 Å². The molecule has 0 bridgehead atoms. The fraction of sp³-hybridized carbons (Fsp3) is 0.556. The molecule has 2 fully saturated rings. The average Bonchev–Trinajstić information content (AvgIpc) is 3.41. The smallest absolute Gasteiger partial charge is 0.272 e. The number of hydrogen-bond donors (Lipinski definition) is 1. The molecule has 1 N–H and O–H groups in total. The van der Waals surface area contributed by atoms with Crippen LogP contribution in [-0.4, -0.2) is 57.2 Å². The maximum Gasteiger partial charge on any atom is 0.272 e. The van der Waals surface area contributed by atoms with Gasteiger partial charge < -0.3 is 19.4 Å². The first kappa shape index (κ1) is 17.0. The van der Waals surface area contributed by atoms with Crippen molar-refractivity contribution in [1.82, 2.24) is 20.0 Å². The first-order valence-corrected chi connectivity index (χ1v) is 9.15. The predicted molar refractivity (Wildman–Crippen MR) is 93.8 cm³/mol. The Bertz CT molecular complexity index is 802. The summed E-state index contributed by atoms with van der Waals surface area (Å²) >= 11 is 0. The zero-order valence-electron chi connectivity index (χ0n) is 14.9. The van der Waals surface area contributed by atoms with E-state index in [-0.39, 0.29) is 18.3 Å². The van der Waals surface area contributed by atoms with Crippen molar-refractivity contribution in [2.24, 2.45) is 0 Å². The standard InChI is InChI=1S/C18H23N5O3/c1-2-15-20-17(26-21-15)18(25)6-10-23(12-18)16(24)14-11-13(5-7-19-14)22-8-3-4-9-22/h5,7,11,25H,2-4,6,8-10,12H2,1H3. The van der Waals surface area contributed by atoms with Gasteiger partial charge in [-0.1, -0.05) is 12.1 Å². The van der Waals surface area contributed by atoms with Crippen LogP contribution in [0, 0.1) is 0 Å². The molecule has 1 atom stereocenters. The SMILES string of the molecule is CCc1noc(C2(O)CCN(C(=O)c3cc(N4CCCC4)ccn3)C2)n1. The summed E-state index contributed by atoms with van der Waals surface area (Å²) < 4.78 is 5.19. The molecule has 4 rings (SSSR count). The Hall–Kier alpha value is -2.48. The quantitative estimate of drug-likeness (QED) is 0.882. The van der Waals surface area contributed by atoms with E-state index in [9.17, 15) is 9.90 Å². The van der Waals surface area contributed by atoms with Gasteiger partial charge in [-0.3, -0.25) is 9.78 Å². The molecule has 2 aromatic heterocycles. The summed E-state index contributed by atoms with van der Waals surface area (Å²) in [6.45, 7) is 4.50. The molecule has 1 unspecified atom stereocenters. The van der Waals surface area contributed by atoms with Crippen molar-refractivity contribution < 1.29 is 14.4 Å². The van der Waals surface area contributed by atoms with E-state index in [1.165, 1.54) is 12.8 Å². The minimum Gasteiger partial charge on any atom is -0.378 e. The van der Waals surface area contributed by atoms with E-state index in [1.807, 2.05) is 19.1 Å². The van der Waals surface area contributed by atoms with Gasteiger partial charge in [0, 0.05) is 44.4 Å². The van der Waals surface area contributed by atoms with Gasteiger partial charge in [0.15, 0.2) is 11.4 Å². The highest BCUT2D eigenvalue weighted by molar-refractivity contribution is 5.93. The lowest BCUT2D eigenvalue weighted by Crippen LogP contribution is -2.35. The van der Waals surface area contributed by atoms with Gasteiger partial charge in [-0.25, -0.2) is 0 Å². The third kappa shape index (κ3) is 3.05. The van der Waals surface area contributed by atoms with E-state index in [0.717, 1.165) is 18.8 Å². The number of β-amino-alcohol motifs (C(OH)–C–C–N with tert-alkyl or cyclic N) is 1. The molecule has 26 heavy (non-hydrogen) atoms. The predicted octanol–water partition coefficient (Wildman–Crippen LogP) is 1.36. The molecule has 2 aromatic rings. The summed E-state index contributed by atoms with van der Waals surface area (Å²) in [6, 6.07) is 3.78. The number of hydrogen-bond acceptors (Lipinski definition) is 7. The van der Waals surface area contributed by atoms with E-state index >= 15 is 0 Å². The van der Waals surface area contributed by atoms with Crippen LogP contribution >= 0.6 is 0 Å². The van der Waals surface area contributed by atoms with Crippen LogP contribution in [0.1, 0.15) is 48.4 Å². The maximum atomic E-state index is 12.9. The number of aryl methyl sites for hydroxylation is 1. The second kappa shape index (κ2) is 6.68. The van der Waals surface area contributed by atoms with Crippen LogP contribution in [0.3, 0.4) is 0 Å². The molecule has 0 spiro atoms. The van der Waals surface area contributed by atoms with E-state index in [4.69, 9.17) is 4.52 Å². The third-order valence-electron chi connectivity index (χ3n) is 5.15. The number of aliphatic hydroxyl groups is 1. The van der Waals surface area contributed by atoms with Crippen LogP contribution in [0.15, 0.2) is 22.9 Å². The molecule has 8 heteroatoms. The molecule has 1 amide bonds. The van der Waals surface area contributed by atoms with Crippen molar-refractivity contribution in [3.05, 3.63) is 35.7 Å². The van der Waals surface area contributed by atoms with E-state index in [0.29, 0.717) is 30.9 Å². The summed E-state index contributed by atoms with van der Waals surface area (Å²) in [5.74, 6) is 0.554. The zero-order chi connectivity index (χ0) is 18.1. The second-order valence-electron chi connectivity index (χ2n) is 6.97. The summed E-state index contributed by atoms with van der Waals surface area (Å²) in [7, 11) is 0. The van der Waals surface area contributed by atoms with Crippen molar-refractivity contribution in [2.45, 2.75) is 38.2 Å². The maximum absolute atomic E-state index is 12.9. The van der Waals surface area contributed by atoms with Gasteiger partial charge in [-0.15, -0.1) is 0 Å². The number of amides is 1. The minimum atomic E-state index is -1.29. The van der Waals surface area contributed by atoms with E-state index in [1.54, 1.807) is 11.1 Å². The number of aromatic nitrogens is 3. The monoisotopic (exact) mass is 357 g/mol. The van der Waals surface area contributed by atoms with Gasteiger partial charge in [0.25, 0.3) is 11.8 Å². The fourth-order valence-electron chi connectivity index (χ4n) is 3.60. The Labute approximate surface area is 151 Å². The Morgan fingerprint density at radius 2 is 2.15 bits per heavy atom. The molecule has 0 aromatic carbocycles. The van der Waals surface area contributed by atoms with Crippen LogP contribution in [-0.2, 0) is 12.0 Å². The van der Waals surface area contributed by atoms with E-state index in [2.05, 4.69) is 20.0 Å². The van der Waals surface area contributed by atoms with Crippen LogP contribution in [0.25, 0.3) is 0 Å². The van der Waals surface area contributed by atoms with Crippen LogP contribution in [0.2, 0.25) is 0 Å². The van der Waals surface area contributed by atoms with Crippen molar-refractivity contribution in [1.29, 1.82) is 0 Å². The molecule has 138 valence electrons. The Morgan fingerprint density at radius 3 is 2.88 bits per heavy atom. The molecule has 8 nitrogen and oxygen atoms in total. The summed E-state index contributed by atoms with van der Waals surface area (Å²) in [4.78, 5) is 25.2. The molecular weight excluding hydrogens is 334 g/mol. The summed E-state index contributed by atoms with van der Waals surface area (Å²) in [6.07, 6.45) is 5.03. The molecular formula is C18H23N5O3. The zero-order valence-corrected chi connectivity index (χ0v) is 14.9. The molecule has 0 aliphatic carbocycles. The number of carbonyl (C=O) groups excluding carboxylic acids is 1. The van der Waals surface area contributed by atoms with Gasteiger partial charge in [-0.2, -0.15) is 4.98 Å².